The third kappa shape index (κ3) is 4.98. The molecule has 2 fully saturated rings. The molecule has 1 saturated heterocycles. The summed E-state index contributed by atoms with van der Waals surface area (Å²) in [7, 11) is 0. The van der Waals surface area contributed by atoms with Crippen molar-refractivity contribution in [3.05, 3.63) is 0 Å². The SMILES string of the molecule is O=C(CC1CCOCC1)NC(C(=O)I)C1CCCCC1. The maximum Gasteiger partial charge on any atom is 0.220 e. The van der Waals surface area contributed by atoms with Gasteiger partial charge in [0.25, 0.3) is 0 Å². The number of hydrogen-bond acceptors (Lipinski definition) is 3. The van der Waals surface area contributed by atoms with Gasteiger partial charge in [0.05, 0.1) is 0 Å². The first-order chi connectivity index (χ1) is 9.66. The van der Waals surface area contributed by atoms with E-state index in [4.69, 9.17) is 4.74 Å². The average Bonchev–Trinajstić information content (AvgIpc) is 2.46. The fourth-order valence-corrected chi connectivity index (χ4v) is 3.94. The van der Waals surface area contributed by atoms with E-state index < -0.39 is 0 Å². The normalized spacial score (nSPS) is 23.2. The molecule has 0 aromatic rings. The van der Waals surface area contributed by atoms with Crippen LogP contribution in [0.3, 0.4) is 0 Å². The number of nitrogens with one attached hydrogen (secondary N) is 1. The van der Waals surface area contributed by atoms with Crippen molar-refractivity contribution in [3.8, 4) is 0 Å². The van der Waals surface area contributed by atoms with E-state index in [9.17, 15) is 9.59 Å². The molecule has 1 aliphatic carbocycles. The minimum absolute atomic E-state index is 0.0393. The molecular weight excluding hydrogens is 369 g/mol. The third-order valence-electron chi connectivity index (χ3n) is 4.50. The number of hydrogen-bond donors (Lipinski definition) is 1. The van der Waals surface area contributed by atoms with Crippen LogP contribution in [0.15, 0.2) is 0 Å². The van der Waals surface area contributed by atoms with Gasteiger partial charge in [-0.25, -0.2) is 0 Å². The summed E-state index contributed by atoms with van der Waals surface area (Å²) in [6, 6.07) is -0.275. The smallest absolute Gasteiger partial charge is 0.220 e. The molecular formula is C15H24INO3. The van der Waals surface area contributed by atoms with Gasteiger partial charge in [-0.2, -0.15) is 0 Å². The summed E-state index contributed by atoms with van der Waals surface area (Å²) in [5, 5.41) is 3.00. The lowest BCUT2D eigenvalue weighted by Crippen LogP contribution is -2.45. The zero-order chi connectivity index (χ0) is 14.4. The second-order valence-corrected chi connectivity index (χ2v) is 7.07. The van der Waals surface area contributed by atoms with Gasteiger partial charge in [0.15, 0.2) is 0 Å². The van der Waals surface area contributed by atoms with Gasteiger partial charge in [0, 0.05) is 42.2 Å². The second-order valence-electron chi connectivity index (χ2n) is 6.01. The minimum Gasteiger partial charge on any atom is -0.381 e. The van der Waals surface area contributed by atoms with Crippen molar-refractivity contribution in [3.63, 3.8) is 0 Å². The first-order valence-electron chi connectivity index (χ1n) is 7.73. The average molecular weight is 393 g/mol. The molecule has 5 heteroatoms. The topological polar surface area (TPSA) is 55.4 Å². The summed E-state index contributed by atoms with van der Waals surface area (Å²) >= 11 is 1.84. The van der Waals surface area contributed by atoms with Gasteiger partial charge in [0.2, 0.25) is 9.70 Å². The molecule has 114 valence electrons. The van der Waals surface area contributed by atoms with E-state index >= 15 is 0 Å². The first kappa shape index (κ1) is 16.2. The van der Waals surface area contributed by atoms with Crippen LogP contribution in [-0.4, -0.2) is 29.0 Å². The monoisotopic (exact) mass is 393 g/mol. The van der Waals surface area contributed by atoms with Crippen LogP contribution in [0.5, 0.6) is 0 Å². The number of carbonyl (C=O) groups is 2. The molecule has 20 heavy (non-hydrogen) atoms. The molecule has 0 aromatic heterocycles. The Hall–Kier alpha value is -0.170. The highest BCUT2D eigenvalue weighted by molar-refractivity contribution is 14.1. The van der Waals surface area contributed by atoms with Crippen molar-refractivity contribution in [1.82, 2.24) is 5.32 Å². The van der Waals surface area contributed by atoms with Gasteiger partial charge in [-0.1, -0.05) is 19.3 Å². The van der Waals surface area contributed by atoms with E-state index in [1.54, 1.807) is 0 Å². The summed E-state index contributed by atoms with van der Waals surface area (Å²) in [6.45, 7) is 1.52. The summed E-state index contributed by atoms with van der Waals surface area (Å²) in [4.78, 5) is 24.0. The van der Waals surface area contributed by atoms with Crippen molar-refractivity contribution >= 4 is 32.3 Å². The molecule has 0 spiro atoms. The largest absolute Gasteiger partial charge is 0.381 e. The van der Waals surface area contributed by atoms with E-state index in [0.717, 1.165) is 38.9 Å². The molecule has 2 rings (SSSR count). The van der Waals surface area contributed by atoms with Crippen LogP contribution in [-0.2, 0) is 14.3 Å². The van der Waals surface area contributed by atoms with Gasteiger partial charge in [-0.15, -0.1) is 0 Å². The molecule has 1 heterocycles. The molecule has 1 unspecified atom stereocenters. The van der Waals surface area contributed by atoms with Gasteiger partial charge in [-0.05, 0) is 37.5 Å². The predicted octanol–water partition coefficient (Wildman–Crippen LogP) is 2.83. The standard InChI is InChI=1S/C15H24INO3/c16-15(19)14(12-4-2-1-3-5-12)17-13(18)10-11-6-8-20-9-7-11/h11-12,14H,1-10H2,(H,17,18). The Kier molecular flexibility index (Phi) is 6.74. The predicted molar refractivity (Wildman–Crippen MR) is 85.7 cm³/mol. The fourth-order valence-electron chi connectivity index (χ4n) is 3.27. The van der Waals surface area contributed by atoms with Crippen LogP contribution in [0.4, 0.5) is 0 Å². The quantitative estimate of drug-likeness (QED) is 0.578. The zero-order valence-corrected chi connectivity index (χ0v) is 14.1. The molecule has 4 nitrogen and oxygen atoms in total. The van der Waals surface area contributed by atoms with Gasteiger partial charge < -0.3 is 10.1 Å². The van der Waals surface area contributed by atoms with Crippen molar-refractivity contribution in [1.29, 1.82) is 0 Å². The Morgan fingerprint density at radius 2 is 1.75 bits per heavy atom. The molecule has 0 aromatic carbocycles. The van der Waals surface area contributed by atoms with Gasteiger partial charge >= 0.3 is 0 Å². The van der Waals surface area contributed by atoms with Crippen LogP contribution in [0.25, 0.3) is 0 Å². The summed E-state index contributed by atoms with van der Waals surface area (Å²) in [5.74, 6) is 0.796. The molecule has 2 aliphatic rings. The van der Waals surface area contributed by atoms with Crippen molar-refractivity contribution in [2.75, 3.05) is 13.2 Å². The lowest BCUT2D eigenvalue weighted by atomic mass is 9.84. The lowest BCUT2D eigenvalue weighted by molar-refractivity contribution is -0.126. The number of rotatable bonds is 5. The molecule has 1 N–H and O–H groups in total. The fraction of sp³-hybridized carbons (Fsp3) is 0.867. The summed E-state index contributed by atoms with van der Waals surface area (Å²) < 4.78 is 5.39. The maximum atomic E-state index is 12.2. The summed E-state index contributed by atoms with van der Waals surface area (Å²) in [5.41, 5.74) is 0. The molecule has 1 amide bonds. The Morgan fingerprint density at radius 3 is 2.35 bits per heavy atom. The number of amides is 1. The minimum atomic E-state index is -0.275. The second kappa shape index (κ2) is 8.32. The third-order valence-corrected chi connectivity index (χ3v) is 5.17. The Bertz CT molecular complexity index is 336. The number of carbonyl (C=O) groups excluding carboxylic acids is 2. The number of ether oxygens (including phenoxy) is 1. The molecule has 1 aliphatic heterocycles. The van der Waals surface area contributed by atoms with E-state index in [1.807, 2.05) is 22.6 Å². The highest BCUT2D eigenvalue weighted by Gasteiger charge is 2.30. The van der Waals surface area contributed by atoms with Crippen LogP contribution in [0.1, 0.15) is 51.4 Å². The van der Waals surface area contributed by atoms with Gasteiger partial charge in [-0.3, -0.25) is 9.59 Å². The Morgan fingerprint density at radius 1 is 1.10 bits per heavy atom. The van der Waals surface area contributed by atoms with E-state index in [1.165, 1.54) is 19.3 Å². The van der Waals surface area contributed by atoms with Crippen LogP contribution < -0.4 is 5.32 Å². The first-order valence-corrected chi connectivity index (χ1v) is 8.81. The maximum absolute atomic E-state index is 12.2. The van der Waals surface area contributed by atoms with Crippen LogP contribution in [0, 0.1) is 11.8 Å². The van der Waals surface area contributed by atoms with E-state index in [0.29, 0.717) is 18.3 Å². The van der Waals surface area contributed by atoms with E-state index in [-0.39, 0.29) is 15.7 Å². The Labute approximate surface area is 134 Å². The number of halogens is 1. The van der Waals surface area contributed by atoms with Gasteiger partial charge in [0.1, 0.15) is 6.04 Å². The molecule has 1 saturated carbocycles. The van der Waals surface area contributed by atoms with Crippen LogP contribution in [0.2, 0.25) is 0 Å². The molecule has 0 bridgehead atoms. The highest BCUT2D eigenvalue weighted by atomic mass is 127. The Balaban J connectivity index is 1.83. The van der Waals surface area contributed by atoms with E-state index in [2.05, 4.69) is 5.32 Å². The van der Waals surface area contributed by atoms with Crippen molar-refractivity contribution in [2.24, 2.45) is 11.8 Å². The molecule has 1 atom stereocenters. The van der Waals surface area contributed by atoms with Crippen LogP contribution >= 0.6 is 22.6 Å². The summed E-state index contributed by atoms with van der Waals surface area (Å²) in [6.07, 6.45) is 8.21. The van der Waals surface area contributed by atoms with Crippen molar-refractivity contribution < 1.29 is 14.3 Å². The molecule has 0 radical (unpaired) electrons. The van der Waals surface area contributed by atoms with Crippen molar-refractivity contribution in [2.45, 2.75) is 57.4 Å². The zero-order valence-electron chi connectivity index (χ0n) is 11.9. The lowest BCUT2D eigenvalue weighted by Gasteiger charge is -2.29. The highest BCUT2D eigenvalue weighted by Crippen LogP contribution is 2.28.